The molecule has 2 aliphatic rings. The van der Waals surface area contributed by atoms with E-state index >= 15 is 0 Å². The van der Waals surface area contributed by atoms with E-state index in [1.54, 1.807) is 0 Å². The molecule has 5 rings (SSSR count). The summed E-state index contributed by atoms with van der Waals surface area (Å²) in [5, 5.41) is 5.39. The molecule has 0 saturated carbocycles. The van der Waals surface area contributed by atoms with E-state index in [-0.39, 0.29) is 23.1 Å². The minimum atomic E-state index is -0.185. The molecule has 32 heavy (non-hydrogen) atoms. The van der Waals surface area contributed by atoms with E-state index in [2.05, 4.69) is 53.8 Å². The molecular weight excluding hydrogens is 396 g/mol. The van der Waals surface area contributed by atoms with Crippen LogP contribution < -0.4 is 5.32 Å². The van der Waals surface area contributed by atoms with Crippen molar-refractivity contribution in [2.45, 2.75) is 38.0 Å². The van der Waals surface area contributed by atoms with Crippen molar-refractivity contribution < 1.29 is 9.59 Å². The van der Waals surface area contributed by atoms with Crippen molar-refractivity contribution in [2.75, 3.05) is 19.6 Å². The van der Waals surface area contributed by atoms with Crippen LogP contribution in [0.25, 0.3) is 10.8 Å². The third kappa shape index (κ3) is 3.68. The van der Waals surface area contributed by atoms with Gasteiger partial charge in [0.25, 0.3) is 0 Å². The maximum absolute atomic E-state index is 13.5. The Balaban J connectivity index is 1.35. The summed E-state index contributed by atoms with van der Waals surface area (Å²) >= 11 is 0. The van der Waals surface area contributed by atoms with Crippen molar-refractivity contribution >= 4 is 22.6 Å². The first kappa shape index (κ1) is 20.7. The van der Waals surface area contributed by atoms with Gasteiger partial charge in [0.1, 0.15) is 0 Å². The van der Waals surface area contributed by atoms with E-state index in [0.29, 0.717) is 32.0 Å². The van der Waals surface area contributed by atoms with Gasteiger partial charge < -0.3 is 10.2 Å². The number of piperidine rings is 2. The first-order chi connectivity index (χ1) is 15.6. The molecule has 1 unspecified atom stereocenters. The van der Waals surface area contributed by atoms with E-state index in [0.717, 1.165) is 23.8 Å². The zero-order valence-corrected chi connectivity index (χ0v) is 18.6. The molecular formula is C28H30N2O2. The predicted molar refractivity (Wildman–Crippen MR) is 127 cm³/mol. The second-order valence-corrected chi connectivity index (χ2v) is 9.42. The van der Waals surface area contributed by atoms with Crippen molar-refractivity contribution in [1.29, 1.82) is 0 Å². The van der Waals surface area contributed by atoms with Gasteiger partial charge in [0.05, 0.1) is 5.92 Å². The Labute approximate surface area is 189 Å². The molecule has 2 atom stereocenters. The van der Waals surface area contributed by atoms with Gasteiger partial charge in [0.15, 0.2) is 0 Å². The second kappa shape index (κ2) is 8.42. The highest BCUT2D eigenvalue weighted by Gasteiger charge is 2.47. The van der Waals surface area contributed by atoms with Crippen LogP contribution in [-0.2, 0) is 9.59 Å². The SMILES string of the molecule is CC(C(=O)N1CCC2(CC1)CC(=O)NC[C@H]2c1ccccc1)c1cccc2ccccc12. The van der Waals surface area contributed by atoms with E-state index in [1.807, 2.05) is 36.1 Å². The normalized spacial score (nSPS) is 21.3. The van der Waals surface area contributed by atoms with Gasteiger partial charge in [-0.15, -0.1) is 0 Å². The number of carbonyl (C=O) groups excluding carboxylic acids is 2. The number of carbonyl (C=O) groups is 2. The first-order valence-electron chi connectivity index (χ1n) is 11.7. The Morgan fingerprint density at radius 2 is 1.66 bits per heavy atom. The molecule has 1 N–H and O–H groups in total. The molecule has 4 heteroatoms. The van der Waals surface area contributed by atoms with Crippen LogP contribution >= 0.6 is 0 Å². The zero-order valence-electron chi connectivity index (χ0n) is 18.6. The fraction of sp³-hybridized carbons (Fsp3) is 0.357. The summed E-state index contributed by atoms with van der Waals surface area (Å²) in [6, 6.07) is 25.0. The topological polar surface area (TPSA) is 49.4 Å². The van der Waals surface area contributed by atoms with E-state index < -0.39 is 0 Å². The lowest BCUT2D eigenvalue weighted by molar-refractivity contribution is -0.136. The summed E-state index contributed by atoms with van der Waals surface area (Å²) in [7, 11) is 0. The van der Waals surface area contributed by atoms with Crippen molar-refractivity contribution in [3.05, 3.63) is 83.9 Å². The molecule has 2 aliphatic heterocycles. The van der Waals surface area contributed by atoms with Gasteiger partial charge in [0.2, 0.25) is 11.8 Å². The molecule has 1 spiro atoms. The quantitative estimate of drug-likeness (QED) is 0.651. The highest BCUT2D eigenvalue weighted by molar-refractivity contribution is 5.92. The second-order valence-electron chi connectivity index (χ2n) is 9.42. The number of nitrogens with one attached hydrogen (secondary N) is 1. The molecule has 0 aromatic heterocycles. The van der Waals surface area contributed by atoms with E-state index in [4.69, 9.17) is 0 Å². The maximum atomic E-state index is 13.5. The Morgan fingerprint density at radius 1 is 0.969 bits per heavy atom. The van der Waals surface area contributed by atoms with Crippen LogP contribution in [0.1, 0.15) is 49.1 Å². The summed E-state index contributed by atoms with van der Waals surface area (Å²) < 4.78 is 0. The number of nitrogens with zero attached hydrogens (tertiary/aromatic N) is 1. The molecule has 2 fully saturated rings. The van der Waals surface area contributed by atoms with Crippen molar-refractivity contribution in [2.24, 2.45) is 5.41 Å². The molecule has 164 valence electrons. The summed E-state index contributed by atoms with van der Waals surface area (Å²) in [5.74, 6) is 0.442. The fourth-order valence-electron chi connectivity index (χ4n) is 5.83. The first-order valence-corrected chi connectivity index (χ1v) is 11.7. The average molecular weight is 427 g/mol. The number of rotatable bonds is 3. The Hall–Kier alpha value is -3.14. The van der Waals surface area contributed by atoms with Crippen LogP contribution in [0.4, 0.5) is 0 Å². The summed E-state index contributed by atoms with van der Waals surface area (Å²) in [6.07, 6.45) is 2.29. The summed E-state index contributed by atoms with van der Waals surface area (Å²) in [5.41, 5.74) is 2.31. The number of fused-ring (bicyclic) bond motifs is 1. The van der Waals surface area contributed by atoms with Gasteiger partial charge in [0, 0.05) is 32.0 Å². The van der Waals surface area contributed by atoms with Crippen LogP contribution in [0.15, 0.2) is 72.8 Å². The van der Waals surface area contributed by atoms with Gasteiger partial charge in [-0.2, -0.15) is 0 Å². The maximum Gasteiger partial charge on any atom is 0.229 e. The van der Waals surface area contributed by atoms with Crippen molar-refractivity contribution in [1.82, 2.24) is 10.2 Å². The van der Waals surface area contributed by atoms with Gasteiger partial charge in [-0.1, -0.05) is 72.8 Å². The third-order valence-corrected chi connectivity index (χ3v) is 7.69. The number of amides is 2. The third-order valence-electron chi connectivity index (χ3n) is 7.69. The van der Waals surface area contributed by atoms with Crippen LogP contribution in [0.3, 0.4) is 0 Å². The molecule has 3 aromatic carbocycles. The molecule has 2 amide bonds. The monoisotopic (exact) mass is 426 g/mol. The summed E-state index contributed by atoms with van der Waals surface area (Å²) in [6.45, 7) is 4.13. The predicted octanol–water partition coefficient (Wildman–Crippen LogP) is 4.86. The minimum absolute atomic E-state index is 0.0663. The Morgan fingerprint density at radius 3 is 2.44 bits per heavy atom. The van der Waals surface area contributed by atoms with Crippen LogP contribution in [-0.4, -0.2) is 36.3 Å². The number of benzene rings is 3. The molecule has 2 heterocycles. The number of likely N-dealkylation sites (tertiary alicyclic amines) is 1. The summed E-state index contributed by atoms with van der Waals surface area (Å²) in [4.78, 5) is 27.9. The number of hydrogen-bond donors (Lipinski definition) is 1. The molecule has 4 nitrogen and oxygen atoms in total. The van der Waals surface area contributed by atoms with E-state index in [1.165, 1.54) is 10.9 Å². The fourth-order valence-corrected chi connectivity index (χ4v) is 5.83. The highest BCUT2D eigenvalue weighted by atomic mass is 16.2. The molecule has 0 radical (unpaired) electrons. The molecule has 0 bridgehead atoms. The minimum Gasteiger partial charge on any atom is -0.355 e. The van der Waals surface area contributed by atoms with Gasteiger partial charge in [-0.25, -0.2) is 0 Å². The zero-order chi connectivity index (χ0) is 22.1. The molecule has 2 saturated heterocycles. The molecule has 3 aromatic rings. The lowest BCUT2D eigenvalue weighted by Gasteiger charge is -2.49. The molecule has 0 aliphatic carbocycles. The van der Waals surface area contributed by atoms with E-state index in [9.17, 15) is 9.59 Å². The smallest absolute Gasteiger partial charge is 0.229 e. The Kier molecular flexibility index (Phi) is 5.46. The highest BCUT2D eigenvalue weighted by Crippen LogP contribution is 2.49. The standard InChI is InChI=1S/C28H30N2O2/c1-20(23-13-7-11-21-8-5-6-12-24(21)23)27(32)30-16-14-28(15-17-30)18-26(31)29-19-25(28)22-9-3-2-4-10-22/h2-13,20,25H,14-19H2,1H3,(H,29,31)/t20?,25-/m0/s1. The lowest BCUT2D eigenvalue weighted by atomic mass is 9.62. The largest absolute Gasteiger partial charge is 0.355 e. The van der Waals surface area contributed by atoms with Gasteiger partial charge in [-0.3, -0.25) is 9.59 Å². The van der Waals surface area contributed by atoms with Gasteiger partial charge in [-0.05, 0) is 47.1 Å². The number of hydrogen-bond acceptors (Lipinski definition) is 2. The Bertz CT molecular complexity index is 1130. The van der Waals surface area contributed by atoms with Crippen LogP contribution in [0.5, 0.6) is 0 Å². The van der Waals surface area contributed by atoms with Crippen molar-refractivity contribution in [3.8, 4) is 0 Å². The van der Waals surface area contributed by atoms with Gasteiger partial charge >= 0.3 is 0 Å². The van der Waals surface area contributed by atoms with Crippen molar-refractivity contribution in [3.63, 3.8) is 0 Å². The average Bonchev–Trinajstić information content (AvgIpc) is 2.84. The lowest BCUT2D eigenvalue weighted by Crippen LogP contribution is -2.53. The van der Waals surface area contributed by atoms with Crippen LogP contribution in [0.2, 0.25) is 0 Å². The van der Waals surface area contributed by atoms with Crippen LogP contribution in [0, 0.1) is 5.41 Å².